The number of ether oxygens (including phenoxy) is 2. The highest BCUT2D eigenvalue weighted by molar-refractivity contribution is 5.81. The van der Waals surface area contributed by atoms with Crippen LogP contribution in [0.5, 0.6) is 0 Å². The van der Waals surface area contributed by atoms with Gasteiger partial charge in [0.1, 0.15) is 11.6 Å². The molecule has 6 nitrogen and oxygen atoms in total. The van der Waals surface area contributed by atoms with E-state index in [9.17, 15) is 14.7 Å². The molecule has 2 saturated heterocycles. The summed E-state index contributed by atoms with van der Waals surface area (Å²) in [5.74, 6) is -0.977. The molecular weight excluding hydrogens is 250 g/mol. The monoisotopic (exact) mass is 271 g/mol. The molecular formula is C13H21NO5. The Kier molecular flexibility index (Phi) is 3.47. The van der Waals surface area contributed by atoms with Gasteiger partial charge in [0.2, 0.25) is 0 Å². The molecule has 2 rings (SSSR count). The van der Waals surface area contributed by atoms with Crippen molar-refractivity contribution in [2.45, 2.75) is 45.3 Å². The number of aliphatic carboxylic acids is 1. The Morgan fingerprint density at radius 3 is 2.58 bits per heavy atom. The second kappa shape index (κ2) is 4.67. The van der Waals surface area contributed by atoms with E-state index in [1.165, 1.54) is 4.90 Å². The van der Waals surface area contributed by atoms with Crippen LogP contribution >= 0.6 is 0 Å². The third-order valence-corrected chi connectivity index (χ3v) is 3.61. The van der Waals surface area contributed by atoms with Crippen LogP contribution in [0.4, 0.5) is 4.79 Å². The highest BCUT2D eigenvalue weighted by Gasteiger charge is 2.51. The molecule has 1 N–H and O–H groups in total. The second-order valence-corrected chi connectivity index (χ2v) is 6.47. The van der Waals surface area contributed by atoms with Gasteiger partial charge in [-0.05, 0) is 33.6 Å². The lowest BCUT2D eigenvalue weighted by atomic mass is 9.85. The fourth-order valence-electron chi connectivity index (χ4n) is 2.72. The number of carboxylic acids is 1. The molecule has 108 valence electrons. The van der Waals surface area contributed by atoms with Gasteiger partial charge in [0.25, 0.3) is 0 Å². The van der Waals surface area contributed by atoms with Crippen molar-refractivity contribution < 1.29 is 24.2 Å². The smallest absolute Gasteiger partial charge is 0.411 e. The van der Waals surface area contributed by atoms with Gasteiger partial charge in [-0.3, -0.25) is 4.90 Å². The van der Waals surface area contributed by atoms with Crippen LogP contribution in [0.3, 0.4) is 0 Å². The fourth-order valence-corrected chi connectivity index (χ4v) is 2.72. The molecule has 0 bridgehead atoms. The fraction of sp³-hybridized carbons (Fsp3) is 0.846. The lowest BCUT2D eigenvalue weighted by molar-refractivity contribution is -0.142. The Morgan fingerprint density at radius 1 is 1.42 bits per heavy atom. The molecule has 2 heterocycles. The number of hydrogen-bond donors (Lipinski definition) is 1. The van der Waals surface area contributed by atoms with Gasteiger partial charge in [-0.1, -0.05) is 0 Å². The van der Waals surface area contributed by atoms with E-state index in [4.69, 9.17) is 9.47 Å². The first-order valence-corrected chi connectivity index (χ1v) is 6.53. The first-order valence-electron chi connectivity index (χ1n) is 6.53. The summed E-state index contributed by atoms with van der Waals surface area (Å²) in [5, 5.41) is 9.28. The molecule has 19 heavy (non-hydrogen) atoms. The van der Waals surface area contributed by atoms with Crippen LogP contribution in [0.2, 0.25) is 0 Å². The summed E-state index contributed by atoms with van der Waals surface area (Å²) in [5.41, 5.74) is -0.831. The maximum Gasteiger partial charge on any atom is 0.411 e. The number of hydrogen-bond acceptors (Lipinski definition) is 4. The largest absolute Gasteiger partial charge is 0.480 e. The third-order valence-electron chi connectivity index (χ3n) is 3.61. The number of carbonyl (C=O) groups excluding carboxylic acids is 1. The number of carbonyl (C=O) groups is 2. The molecule has 6 heteroatoms. The highest BCUT2D eigenvalue weighted by Crippen LogP contribution is 2.42. The number of amides is 1. The van der Waals surface area contributed by atoms with E-state index in [0.717, 1.165) is 6.42 Å². The Morgan fingerprint density at radius 2 is 2.11 bits per heavy atom. The number of likely N-dealkylation sites (tertiary alicyclic amines) is 1. The maximum absolute atomic E-state index is 12.1. The lowest BCUT2D eigenvalue weighted by Gasteiger charge is -2.27. The molecule has 1 spiro atoms. The van der Waals surface area contributed by atoms with Crippen LogP contribution < -0.4 is 0 Å². The molecule has 1 unspecified atom stereocenters. The van der Waals surface area contributed by atoms with E-state index in [2.05, 4.69) is 0 Å². The van der Waals surface area contributed by atoms with Crippen LogP contribution in [-0.2, 0) is 14.3 Å². The minimum Gasteiger partial charge on any atom is -0.480 e. The molecule has 2 atom stereocenters. The molecule has 1 amide bonds. The molecule has 2 aliphatic rings. The summed E-state index contributed by atoms with van der Waals surface area (Å²) in [4.78, 5) is 24.8. The Bertz CT molecular complexity index is 381. The van der Waals surface area contributed by atoms with Crippen LogP contribution in [0.15, 0.2) is 0 Å². The lowest BCUT2D eigenvalue weighted by Crippen LogP contribution is -2.43. The van der Waals surface area contributed by atoms with Gasteiger partial charge in [-0.15, -0.1) is 0 Å². The van der Waals surface area contributed by atoms with Gasteiger partial charge in [0.05, 0.1) is 6.61 Å². The summed E-state index contributed by atoms with van der Waals surface area (Å²) in [6.07, 6.45) is 0.696. The molecule has 0 aromatic carbocycles. The van der Waals surface area contributed by atoms with Gasteiger partial charge in [0, 0.05) is 18.6 Å². The summed E-state index contributed by atoms with van der Waals surface area (Å²) in [6, 6.07) is -0.809. The van der Waals surface area contributed by atoms with E-state index < -0.39 is 23.7 Å². The van der Waals surface area contributed by atoms with Crippen molar-refractivity contribution >= 4 is 12.1 Å². The SMILES string of the molecule is CC(C)(C)OC(=O)N1CC2(CCOC2)C[C@@H]1C(=O)O. The number of nitrogens with zero attached hydrogens (tertiary/aromatic N) is 1. The van der Waals surface area contributed by atoms with Crippen molar-refractivity contribution in [2.75, 3.05) is 19.8 Å². The number of rotatable bonds is 1. The average Bonchev–Trinajstić information content (AvgIpc) is 2.84. The van der Waals surface area contributed by atoms with Gasteiger partial charge >= 0.3 is 12.1 Å². The highest BCUT2D eigenvalue weighted by atomic mass is 16.6. The van der Waals surface area contributed by atoms with Crippen molar-refractivity contribution in [3.05, 3.63) is 0 Å². The average molecular weight is 271 g/mol. The third kappa shape index (κ3) is 3.00. The van der Waals surface area contributed by atoms with E-state index >= 15 is 0 Å². The quantitative estimate of drug-likeness (QED) is 0.782. The van der Waals surface area contributed by atoms with Crippen LogP contribution in [-0.4, -0.2) is 53.5 Å². The van der Waals surface area contributed by atoms with E-state index in [-0.39, 0.29) is 5.41 Å². The zero-order valence-electron chi connectivity index (χ0n) is 11.6. The van der Waals surface area contributed by atoms with Crippen molar-refractivity contribution in [3.8, 4) is 0 Å². The summed E-state index contributed by atoms with van der Waals surface area (Å²) < 4.78 is 10.7. The summed E-state index contributed by atoms with van der Waals surface area (Å²) >= 11 is 0. The van der Waals surface area contributed by atoms with Crippen molar-refractivity contribution in [1.29, 1.82) is 0 Å². The molecule has 0 aromatic heterocycles. The van der Waals surface area contributed by atoms with E-state index in [0.29, 0.717) is 26.2 Å². The Labute approximate surface area is 112 Å². The first-order chi connectivity index (χ1) is 8.72. The van der Waals surface area contributed by atoms with Crippen molar-refractivity contribution in [3.63, 3.8) is 0 Å². The molecule has 2 fully saturated rings. The zero-order valence-corrected chi connectivity index (χ0v) is 11.6. The molecule has 0 radical (unpaired) electrons. The van der Waals surface area contributed by atoms with Crippen LogP contribution in [0, 0.1) is 5.41 Å². The van der Waals surface area contributed by atoms with Gasteiger partial charge in [0.15, 0.2) is 0 Å². The van der Waals surface area contributed by atoms with Crippen LogP contribution in [0.1, 0.15) is 33.6 Å². The Hall–Kier alpha value is -1.30. The topological polar surface area (TPSA) is 76.1 Å². The van der Waals surface area contributed by atoms with Crippen LogP contribution in [0.25, 0.3) is 0 Å². The first kappa shape index (κ1) is 14.1. The molecule has 0 aliphatic carbocycles. The van der Waals surface area contributed by atoms with E-state index in [1.807, 2.05) is 0 Å². The zero-order chi connectivity index (χ0) is 14.3. The molecule has 2 aliphatic heterocycles. The van der Waals surface area contributed by atoms with Gasteiger partial charge in [-0.25, -0.2) is 9.59 Å². The predicted molar refractivity (Wildman–Crippen MR) is 66.8 cm³/mol. The summed E-state index contributed by atoms with van der Waals surface area (Å²) in [6.45, 7) is 6.87. The van der Waals surface area contributed by atoms with Crippen molar-refractivity contribution in [2.24, 2.45) is 5.41 Å². The van der Waals surface area contributed by atoms with Gasteiger partial charge in [-0.2, -0.15) is 0 Å². The Balaban J connectivity index is 2.13. The minimum absolute atomic E-state index is 0.208. The second-order valence-electron chi connectivity index (χ2n) is 6.47. The van der Waals surface area contributed by atoms with Crippen molar-refractivity contribution in [1.82, 2.24) is 4.90 Å². The van der Waals surface area contributed by atoms with E-state index in [1.54, 1.807) is 20.8 Å². The summed E-state index contributed by atoms with van der Waals surface area (Å²) in [7, 11) is 0. The number of carboxylic acid groups (broad SMARTS) is 1. The predicted octanol–water partition coefficient (Wildman–Crippen LogP) is 1.49. The minimum atomic E-state index is -0.977. The standard InChI is InChI=1S/C13H21NO5/c1-12(2,3)19-11(17)14-7-13(4-5-18-8-13)6-9(14)10(15)16/h9H,4-8H2,1-3H3,(H,15,16)/t9-,13?/m1/s1. The molecule has 0 saturated carbocycles. The van der Waals surface area contributed by atoms with Gasteiger partial charge < -0.3 is 14.6 Å². The normalized spacial score (nSPS) is 30.9. The molecule has 0 aromatic rings. The maximum atomic E-state index is 12.1.